The highest BCUT2D eigenvalue weighted by Gasteiger charge is 2.22. The highest BCUT2D eigenvalue weighted by atomic mass is 16.6. The zero-order valence-corrected chi connectivity index (χ0v) is 21.9. The molecule has 0 amide bonds. The molecule has 0 rings (SSSR count). The summed E-state index contributed by atoms with van der Waals surface area (Å²) in [6.07, 6.45) is 16.6. The zero-order chi connectivity index (χ0) is 24.7. The van der Waals surface area contributed by atoms with E-state index in [0.29, 0.717) is 32.4 Å². The molecule has 2 atom stereocenters. The fourth-order valence-electron chi connectivity index (χ4n) is 3.49. The van der Waals surface area contributed by atoms with Gasteiger partial charge in [0.05, 0.1) is 6.10 Å². The van der Waals surface area contributed by atoms with Gasteiger partial charge in [0.2, 0.25) is 0 Å². The summed E-state index contributed by atoms with van der Waals surface area (Å²) in [6, 6.07) is 0. The molecule has 0 aromatic carbocycles. The van der Waals surface area contributed by atoms with E-state index in [2.05, 4.69) is 19.9 Å². The third-order valence-corrected chi connectivity index (χ3v) is 5.64. The topological polar surface area (TPSA) is 76.1 Å². The molecule has 0 aliphatic heterocycles. The van der Waals surface area contributed by atoms with Gasteiger partial charge in [-0.15, -0.1) is 0 Å². The number of esters is 2. The lowest BCUT2D eigenvalue weighted by Crippen LogP contribution is -2.31. The molecule has 0 heterocycles. The van der Waals surface area contributed by atoms with E-state index in [1.165, 1.54) is 38.5 Å². The van der Waals surface area contributed by atoms with E-state index < -0.39 is 12.2 Å². The molecule has 0 aromatic heterocycles. The number of rotatable bonds is 22. The molecule has 0 aliphatic carbocycles. The van der Waals surface area contributed by atoms with Crippen LogP contribution in [0.4, 0.5) is 0 Å². The molecule has 2 unspecified atom stereocenters. The van der Waals surface area contributed by atoms with Crippen molar-refractivity contribution >= 4 is 11.9 Å². The minimum atomic E-state index is -0.692. The van der Waals surface area contributed by atoms with Gasteiger partial charge in [0, 0.05) is 19.4 Å². The number of carbonyl (C=O) groups is 2. The second-order valence-corrected chi connectivity index (χ2v) is 9.23. The summed E-state index contributed by atoms with van der Waals surface area (Å²) < 4.78 is 10.7. The predicted octanol–water partition coefficient (Wildman–Crippen LogP) is 5.81. The molecule has 0 saturated heterocycles. The van der Waals surface area contributed by atoms with E-state index >= 15 is 0 Å². The number of carbonyl (C=O) groups excluding carboxylic acids is 2. The van der Waals surface area contributed by atoms with Crippen molar-refractivity contribution in [2.45, 2.75) is 122 Å². The molecule has 0 fully saturated rings. The smallest absolute Gasteiger partial charge is 0.306 e. The van der Waals surface area contributed by atoms with Gasteiger partial charge in [-0.05, 0) is 52.6 Å². The molecule has 0 aromatic rings. The second-order valence-electron chi connectivity index (χ2n) is 9.23. The Labute approximate surface area is 203 Å². The minimum absolute atomic E-state index is 0.160. The van der Waals surface area contributed by atoms with Crippen LogP contribution in [-0.4, -0.2) is 61.4 Å². The SMILES string of the molecule is CCCCCCCC/C=C\CC(O)C(CCCCC)OC(=O)CCCC(=O)OCCN(C)C. The van der Waals surface area contributed by atoms with Gasteiger partial charge in [-0.25, -0.2) is 0 Å². The van der Waals surface area contributed by atoms with Crippen molar-refractivity contribution in [1.82, 2.24) is 4.90 Å². The molecule has 0 saturated carbocycles. The molecule has 6 heteroatoms. The predicted molar refractivity (Wildman–Crippen MR) is 135 cm³/mol. The quantitative estimate of drug-likeness (QED) is 0.122. The Morgan fingerprint density at radius 3 is 2.18 bits per heavy atom. The van der Waals surface area contributed by atoms with E-state index in [0.717, 1.165) is 25.7 Å². The van der Waals surface area contributed by atoms with Crippen molar-refractivity contribution in [2.75, 3.05) is 27.2 Å². The molecule has 0 radical (unpaired) electrons. The van der Waals surface area contributed by atoms with Crippen LogP contribution < -0.4 is 0 Å². The summed E-state index contributed by atoms with van der Waals surface area (Å²) in [5, 5.41) is 10.6. The molecule has 6 nitrogen and oxygen atoms in total. The van der Waals surface area contributed by atoms with Gasteiger partial charge in [-0.2, -0.15) is 0 Å². The fraction of sp³-hybridized carbons (Fsp3) is 0.852. The lowest BCUT2D eigenvalue weighted by atomic mass is 10.0. The fourth-order valence-corrected chi connectivity index (χ4v) is 3.49. The number of unbranched alkanes of at least 4 members (excludes halogenated alkanes) is 8. The highest BCUT2D eigenvalue weighted by Crippen LogP contribution is 2.16. The summed E-state index contributed by atoms with van der Waals surface area (Å²) in [4.78, 5) is 26.0. The summed E-state index contributed by atoms with van der Waals surface area (Å²) in [5.74, 6) is -0.646. The van der Waals surface area contributed by atoms with E-state index in [4.69, 9.17) is 9.47 Å². The maximum atomic E-state index is 12.3. The van der Waals surface area contributed by atoms with Gasteiger partial charge < -0.3 is 19.5 Å². The van der Waals surface area contributed by atoms with Crippen LogP contribution in [0.2, 0.25) is 0 Å². The van der Waals surface area contributed by atoms with Gasteiger partial charge in [0.15, 0.2) is 0 Å². The lowest BCUT2D eigenvalue weighted by Gasteiger charge is -2.22. The number of hydrogen-bond acceptors (Lipinski definition) is 6. The average molecular weight is 470 g/mol. The Bertz CT molecular complexity index is 507. The summed E-state index contributed by atoms with van der Waals surface area (Å²) in [5.41, 5.74) is 0. The van der Waals surface area contributed by atoms with Crippen LogP contribution >= 0.6 is 0 Å². The highest BCUT2D eigenvalue weighted by molar-refractivity contribution is 5.72. The standard InChI is InChI=1S/C27H51NO5/c1-5-7-9-10-11-12-13-14-16-18-24(29)25(19-15-8-6-2)33-27(31)21-17-20-26(30)32-23-22-28(3)4/h14,16,24-25,29H,5-13,15,17-23H2,1-4H3/b16-14-. The first kappa shape index (κ1) is 31.6. The molecule has 1 N–H and O–H groups in total. The second kappa shape index (κ2) is 22.4. The maximum absolute atomic E-state index is 12.3. The van der Waals surface area contributed by atoms with Crippen LogP contribution in [0.25, 0.3) is 0 Å². The number of allylic oxidation sites excluding steroid dienone is 1. The van der Waals surface area contributed by atoms with E-state index in [-0.39, 0.29) is 24.8 Å². The molecule has 194 valence electrons. The van der Waals surface area contributed by atoms with E-state index in [1.54, 1.807) is 0 Å². The molecular weight excluding hydrogens is 418 g/mol. The van der Waals surface area contributed by atoms with Crippen molar-refractivity contribution in [2.24, 2.45) is 0 Å². The van der Waals surface area contributed by atoms with Gasteiger partial charge in [0.25, 0.3) is 0 Å². The van der Waals surface area contributed by atoms with Crippen molar-refractivity contribution in [3.63, 3.8) is 0 Å². The van der Waals surface area contributed by atoms with Crippen molar-refractivity contribution in [1.29, 1.82) is 0 Å². The number of aliphatic hydroxyl groups excluding tert-OH is 1. The lowest BCUT2D eigenvalue weighted by molar-refractivity contribution is -0.156. The Morgan fingerprint density at radius 1 is 0.848 bits per heavy atom. The number of likely N-dealkylation sites (N-methyl/N-ethyl adjacent to an activating group) is 1. The number of ether oxygens (including phenoxy) is 2. The Balaban J connectivity index is 4.26. The molecule has 0 aliphatic rings. The monoisotopic (exact) mass is 469 g/mol. The Kier molecular flexibility index (Phi) is 21.4. The van der Waals surface area contributed by atoms with Gasteiger partial charge in [0.1, 0.15) is 12.7 Å². The van der Waals surface area contributed by atoms with Crippen LogP contribution in [0.5, 0.6) is 0 Å². The van der Waals surface area contributed by atoms with Crippen LogP contribution in [0.1, 0.15) is 110 Å². The number of hydrogen-bond donors (Lipinski definition) is 1. The number of nitrogens with zero attached hydrogens (tertiary/aromatic N) is 1. The van der Waals surface area contributed by atoms with E-state index in [1.807, 2.05) is 25.1 Å². The largest absolute Gasteiger partial charge is 0.464 e. The molecule has 0 bridgehead atoms. The van der Waals surface area contributed by atoms with Crippen LogP contribution in [0.15, 0.2) is 12.2 Å². The third kappa shape index (κ3) is 20.9. The maximum Gasteiger partial charge on any atom is 0.306 e. The molecular formula is C27H51NO5. The average Bonchev–Trinajstić information content (AvgIpc) is 2.77. The van der Waals surface area contributed by atoms with Gasteiger partial charge >= 0.3 is 11.9 Å². The van der Waals surface area contributed by atoms with Crippen LogP contribution in [0, 0.1) is 0 Å². The summed E-state index contributed by atoms with van der Waals surface area (Å²) in [6.45, 7) is 5.39. The minimum Gasteiger partial charge on any atom is -0.464 e. The first-order valence-corrected chi connectivity index (χ1v) is 13.2. The Hall–Kier alpha value is -1.40. The van der Waals surface area contributed by atoms with Crippen molar-refractivity contribution < 1.29 is 24.2 Å². The third-order valence-electron chi connectivity index (χ3n) is 5.64. The summed E-state index contributed by atoms with van der Waals surface area (Å²) >= 11 is 0. The first-order valence-electron chi connectivity index (χ1n) is 13.2. The first-order chi connectivity index (χ1) is 15.9. The van der Waals surface area contributed by atoms with Crippen LogP contribution in [-0.2, 0) is 19.1 Å². The van der Waals surface area contributed by atoms with E-state index in [9.17, 15) is 14.7 Å². The Morgan fingerprint density at radius 2 is 1.48 bits per heavy atom. The molecule has 33 heavy (non-hydrogen) atoms. The van der Waals surface area contributed by atoms with Crippen molar-refractivity contribution in [3.05, 3.63) is 12.2 Å². The van der Waals surface area contributed by atoms with Gasteiger partial charge in [-0.1, -0.05) is 70.9 Å². The van der Waals surface area contributed by atoms with Crippen molar-refractivity contribution in [3.8, 4) is 0 Å². The molecule has 0 spiro atoms. The number of aliphatic hydroxyl groups is 1. The van der Waals surface area contributed by atoms with Crippen LogP contribution in [0.3, 0.4) is 0 Å². The zero-order valence-electron chi connectivity index (χ0n) is 21.9. The summed E-state index contributed by atoms with van der Waals surface area (Å²) in [7, 11) is 3.83. The van der Waals surface area contributed by atoms with Gasteiger partial charge in [-0.3, -0.25) is 9.59 Å². The normalized spacial score (nSPS) is 13.4.